The summed E-state index contributed by atoms with van der Waals surface area (Å²) in [5.41, 5.74) is 2.22. The number of methoxy groups -OCH3 is 1. The lowest BCUT2D eigenvalue weighted by Gasteiger charge is -2.12. The second kappa shape index (κ2) is 11.0. The molecule has 26 heavy (non-hydrogen) atoms. The lowest BCUT2D eigenvalue weighted by Crippen LogP contribution is -2.37. The smallest absolute Gasteiger partial charge is 0.191 e. The molecule has 0 saturated heterocycles. The van der Waals surface area contributed by atoms with E-state index >= 15 is 0 Å². The maximum atomic E-state index is 5.63. The molecule has 142 valence electrons. The van der Waals surface area contributed by atoms with Gasteiger partial charge in [0.1, 0.15) is 0 Å². The zero-order valence-corrected chi connectivity index (χ0v) is 15.8. The number of nitrogens with one attached hydrogen (secondary N) is 3. The molecule has 1 heterocycles. The highest BCUT2D eigenvalue weighted by molar-refractivity contribution is 5.79. The first-order chi connectivity index (χ1) is 12.8. The van der Waals surface area contributed by atoms with Crippen molar-refractivity contribution in [2.45, 2.75) is 33.2 Å². The molecule has 0 spiro atoms. The number of hydrogen-bond donors (Lipinski definition) is 3. The second-order valence-corrected chi connectivity index (χ2v) is 5.73. The molecule has 1 aromatic carbocycles. The molecule has 0 saturated carbocycles. The van der Waals surface area contributed by atoms with Crippen LogP contribution in [0.5, 0.6) is 11.5 Å². The van der Waals surface area contributed by atoms with E-state index in [4.69, 9.17) is 9.47 Å². The standard InChI is InChI=1S/C19H29N5O2/c1-4-20-19(22-14-16-10-12-23-24-16)21-11-6-7-15-8-9-17(25-3)18(13-15)26-5-2/h8-10,12-13H,4-7,11,14H2,1-3H3,(H,23,24)(H2,20,21,22). The number of benzene rings is 1. The average molecular weight is 359 g/mol. The van der Waals surface area contributed by atoms with E-state index in [1.165, 1.54) is 5.56 Å². The van der Waals surface area contributed by atoms with Crippen molar-refractivity contribution in [2.75, 3.05) is 26.8 Å². The van der Waals surface area contributed by atoms with Crippen LogP contribution in [0, 0.1) is 0 Å². The van der Waals surface area contributed by atoms with Crippen LogP contribution in [0.3, 0.4) is 0 Å². The molecule has 0 aliphatic heterocycles. The van der Waals surface area contributed by atoms with Gasteiger partial charge in [-0.15, -0.1) is 0 Å². The summed E-state index contributed by atoms with van der Waals surface area (Å²) in [5.74, 6) is 2.39. The van der Waals surface area contributed by atoms with Crippen LogP contribution in [-0.4, -0.2) is 43.0 Å². The molecule has 0 atom stereocenters. The first-order valence-corrected chi connectivity index (χ1v) is 9.07. The summed E-state index contributed by atoms with van der Waals surface area (Å²) in [6, 6.07) is 8.02. The molecule has 0 aliphatic rings. The molecule has 0 amide bonds. The molecule has 1 aromatic heterocycles. The van der Waals surface area contributed by atoms with Crippen LogP contribution < -0.4 is 20.1 Å². The average Bonchev–Trinajstić information content (AvgIpc) is 3.17. The van der Waals surface area contributed by atoms with Gasteiger partial charge in [0, 0.05) is 19.3 Å². The van der Waals surface area contributed by atoms with Gasteiger partial charge >= 0.3 is 0 Å². The lowest BCUT2D eigenvalue weighted by molar-refractivity contribution is 0.310. The number of ether oxygens (including phenoxy) is 2. The number of nitrogens with zero attached hydrogens (tertiary/aromatic N) is 2. The van der Waals surface area contributed by atoms with Gasteiger partial charge in [-0.05, 0) is 50.5 Å². The van der Waals surface area contributed by atoms with Crippen molar-refractivity contribution >= 4 is 5.96 Å². The highest BCUT2D eigenvalue weighted by Crippen LogP contribution is 2.28. The minimum Gasteiger partial charge on any atom is -0.493 e. The van der Waals surface area contributed by atoms with Gasteiger partial charge in [0.2, 0.25) is 0 Å². The monoisotopic (exact) mass is 359 g/mol. The molecule has 0 radical (unpaired) electrons. The van der Waals surface area contributed by atoms with Crippen LogP contribution >= 0.6 is 0 Å². The maximum Gasteiger partial charge on any atom is 0.191 e. The zero-order valence-electron chi connectivity index (χ0n) is 15.8. The molecule has 2 aromatic rings. The number of aliphatic imine (C=N–C) groups is 1. The Morgan fingerprint density at radius 1 is 1.19 bits per heavy atom. The van der Waals surface area contributed by atoms with Crippen LogP contribution in [0.1, 0.15) is 31.5 Å². The van der Waals surface area contributed by atoms with Crippen molar-refractivity contribution in [3.8, 4) is 11.5 Å². The fourth-order valence-corrected chi connectivity index (χ4v) is 2.52. The molecule has 0 bridgehead atoms. The van der Waals surface area contributed by atoms with Gasteiger partial charge in [0.15, 0.2) is 17.5 Å². The van der Waals surface area contributed by atoms with Crippen molar-refractivity contribution < 1.29 is 9.47 Å². The van der Waals surface area contributed by atoms with E-state index in [9.17, 15) is 0 Å². The Bertz CT molecular complexity index is 671. The van der Waals surface area contributed by atoms with Crippen molar-refractivity contribution in [1.82, 2.24) is 20.8 Å². The van der Waals surface area contributed by atoms with Crippen LogP contribution in [0.25, 0.3) is 0 Å². The Labute approximate surface area is 155 Å². The predicted molar refractivity (Wildman–Crippen MR) is 104 cm³/mol. The van der Waals surface area contributed by atoms with E-state index in [0.717, 1.165) is 49.1 Å². The van der Waals surface area contributed by atoms with Gasteiger partial charge in [-0.1, -0.05) is 6.07 Å². The maximum absolute atomic E-state index is 5.63. The quantitative estimate of drug-likeness (QED) is 0.345. The summed E-state index contributed by atoms with van der Waals surface area (Å²) in [6.45, 7) is 6.89. The van der Waals surface area contributed by atoms with Gasteiger partial charge < -0.3 is 20.1 Å². The third-order valence-corrected chi connectivity index (χ3v) is 3.77. The summed E-state index contributed by atoms with van der Waals surface area (Å²) in [6.07, 6.45) is 3.68. The number of hydrogen-bond acceptors (Lipinski definition) is 4. The van der Waals surface area contributed by atoms with Crippen LogP contribution in [0.4, 0.5) is 0 Å². The zero-order chi connectivity index (χ0) is 18.6. The summed E-state index contributed by atoms with van der Waals surface area (Å²) in [4.78, 5) is 4.55. The van der Waals surface area contributed by atoms with Crippen molar-refractivity contribution in [1.29, 1.82) is 0 Å². The van der Waals surface area contributed by atoms with E-state index in [0.29, 0.717) is 13.2 Å². The van der Waals surface area contributed by atoms with Crippen molar-refractivity contribution in [3.63, 3.8) is 0 Å². The molecule has 0 fully saturated rings. The number of aryl methyl sites for hydroxylation is 1. The minimum absolute atomic E-state index is 0.575. The molecular formula is C19H29N5O2. The Balaban J connectivity index is 1.82. The Hall–Kier alpha value is -2.70. The van der Waals surface area contributed by atoms with E-state index in [-0.39, 0.29) is 0 Å². The largest absolute Gasteiger partial charge is 0.493 e. The predicted octanol–water partition coefficient (Wildman–Crippen LogP) is 2.50. The molecule has 7 heteroatoms. The summed E-state index contributed by atoms with van der Waals surface area (Å²) in [5, 5.41) is 13.5. The fraction of sp³-hybridized carbons (Fsp3) is 0.474. The van der Waals surface area contributed by atoms with E-state index in [2.05, 4.69) is 44.9 Å². The van der Waals surface area contributed by atoms with Crippen LogP contribution in [-0.2, 0) is 13.0 Å². The van der Waals surface area contributed by atoms with Gasteiger partial charge in [0.05, 0.1) is 26.0 Å². The highest BCUT2D eigenvalue weighted by atomic mass is 16.5. The summed E-state index contributed by atoms with van der Waals surface area (Å²) >= 11 is 0. The first kappa shape index (κ1) is 19.6. The van der Waals surface area contributed by atoms with Gasteiger partial charge in [-0.25, -0.2) is 4.99 Å². The number of rotatable bonds is 10. The minimum atomic E-state index is 0.575. The lowest BCUT2D eigenvalue weighted by atomic mass is 10.1. The Morgan fingerprint density at radius 3 is 2.77 bits per heavy atom. The van der Waals surface area contributed by atoms with Crippen molar-refractivity contribution in [3.05, 3.63) is 41.7 Å². The van der Waals surface area contributed by atoms with Gasteiger partial charge in [-0.2, -0.15) is 5.10 Å². The van der Waals surface area contributed by atoms with Crippen LogP contribution in [0.2, 0.25) is 0 Å². The number of aromatic nitrogens is 2. The molecule has 3 N–H and O–H groups in total. The molecule has 2 rings (SSSR count). The highest BCUT2D eigenvalue weighted by Gasteiger charge is 2.05. The summed E-state index contributed by atoms with van der Waals surface area (Å²) in [7, 11) is 1.66. The van der Waals surface area contributed by atoms with E-state index in [1.54, 1.807) is 13.3 Å². The number of guanidine groups is 1. The third-order valence-electron chi connectivity index (χ3n) is 3.77. The first-order valence-electron chi connectivity index (χ1n) is 9.07. The SMILES string of the molecule is CCNC(=NCc1ccn[nH]1)NCCCc1ccc(OC)c(OCC)c1. The van der Waals surface area contributed by atoms with Gasteiger partial charge in [-0.3, -0.25) is 5.10 Å². The third kappa shape index (κ3) is 6.31. The number of aromatic amines is 1. The van der Waals surface area contributed by atoms with Crippen LogP contribution in [0.15, 0.2) is 35.5 Å². The number of H-pyrrole nitrogens is 1. The fourth-order valence-electron chi connectivity index (χ4n) is 2.52. The van der Waals surface area contributed by atoms with Gasteiger partial charge in [0.25, 0.3) is 0 Å². The Kier molecular flexibility index (Phi) is 8.32. The summed E-state index contributed by atoms with van der Waals surface area (Å²) < 4.78 is 11.0. The van der Waals surface area contributed by atoms with E-state index < -0.39 is 0 Å². The molecule has 0 unspecified atom stereocenters. The topological polar surface area (TPSA) is 83.6 Å². The second-order valence-electron chi connectivity index (χ2n) is 5.73. The molecule has 0 aliphatic carbocycles. The van der Waals surface area contributed by atoms with Crippen molar-refractivity contribution in [2.24, 2.45) is 4.99 Å². The molecular weight excluding hydrogens is 330 g/mol. The normalized spacial score (nSPS) is 11.3. The Morgan fingerprint density at radius 2 is 2.08 bits per heavy atom. The van der Waals surface area contributed by atoms with E-state index in [1.807, 2.05) is 19.1 Å². The molecule has 7 nitrogen and oxygen atoms in total.